The summed E-state index contributed by atoms with van der Waals surface area (Å²) in [6, 6.07) is 7.68. The zero-order chi connectivity index (χ0) is 14.1. The van der Waals surface area contributed by atoms with Gasteiger partial charge in [-0.2, -0.15) is 0 Å². The number of halogens is 1. The highest BCUT2D eigenvalue weighted by Crippen LogP contribution is 2.28. The van der Waals surface area contributed by atoms with E-state index >= 15 is 0 Å². The van der Waals surface area contributed by atoms with Crippen LogP contribution < -0.4 is 15.4 Å². The zero-order valence-corrected chi connectivity index (χ0v) is 12.4. The van der Waals surface area contributed by atoms with Gasteiger partial charge in [0.25, 0.3) is 0 Å². The van der Waals surface area contributed by atoms with Crippen molar-refractivity contribution in [1.29, 1.82) is 5.41 Å². The molecule has 0 atom stereocenters. The minimum Gasteiger partial charge on any atom is -0.497 e. The molecular formula is C14H16ClN5O. The van der Waals surface area contributed by atoms with Gasteiger partial charge in [-0.05, 0) is 29.3 Å². The molecule has 1 aromatic heterocycles. The van der Waals surface area contributed by atoms with Crippen LogP contribution in [0.4, 0.5) is 5.95 Å². The van der Waals surface area contributed by atoms with E-state index in [0.717, 1.165) is 18.8 Å². The number of nitrogens with zero attached hydrogens (tertiary/aromatic N) is 3. The van der Waals surface area contributed by atoms with Gasteiger partial charge in [-0.25, -0.2) is 9.97 Å². The zero-order valence-electron chi connectivity index (χ0n) is 11.5. The Hall–Kier alpha value is -2.34. The van der Waals surface area contributed by atoms with Gasteiger partial charge in [-0.3, -0.25) is 5.41 Å². The second kappa shape index (κ2) is 5.97. The van der Waals surface area contributed by atoms with E-state index in [4.69, 9.17) is 15.9 Å². The molecule has 0 amide bonds. The van der Waals surface area contributed by atoms with Crippen molar-refractivity contribution >= 4 is 24.2 Å². The van der Waals surface area contributed by atoms with Crippen LogP contribution in [0.2, 0.25) is 0 Å². The Morgan fingerprint density at radius 1 is 1.29 bits per heavy atom. The number of methoxy groups -OCH3 is 1. The van der Waals surface area contributed by atoms with Crippen molar-refractivity contribution in [3.63, 3.8) is 0 Å². The number of anilines is 1. The lowest BCUT2D eigenvalue weighted by atomic mass is 10.1. The number of ether oxygens (including phenoxy) is 1. The van der Waals surface area contributed by atoms with Gasteiger partial charge in [0.15, 0.2) is 0 Å². The highest BCUT2D eigenvalue weighted by molar-refractivity contribution is 5.93. The predicted octanol–water partition coefficient (Wildman–Crippen LogP) is 1.71. The second-order valence-corrected chi connectivity index (χ2v) is 4.65. The molecule has 1 aliphatic rings. The summed E-state index contributed by atoms with van der Waals surface area (Å²) in [6.07, 6.45) is 1.63. The van der Waals surface area contributed by atoms with Crippen LogP contribution in [0, 0.1) is 5.41 Å². The first kappa shape index (κ1) is 15.1. The Labute approximate surface area is 128 Å². The van der Waals surface area contributed by atoms with E-state index < -0.39 is 0 Å². The average Bonchev–Trinajstić information content (AvgIpc) is 2.90. The fraction of sp³-hybridized carbons (Fsp3) is 0.214. The normalized spacial score (nSPS) is 12.5. The van der Waals surface area contributed by atoms with Crippen LogP contribution >= 0.6 is 12.4 Å². The van der Waals surface area contributed by atoms with Crippen LogP contribution in [0.5, 0.6) is 5.75 Å². The van der Waals surface area contributed by atoms with Crippen LogP contribution in [0.1, 0.15) is 16.8 Å². The lowest BCUT2D eigenvalue weighted by molar-refractivity contribution is 0.414. The van der Waals surface area contributed by atoms with Gasteiger partial charge in [0.1, 0.15) is 17.3 Å². The van der Waals surface area contributed by atoms with Gasteiger partial charge in [-0.1, -0.05) is 6.07 Å². The van der Waals surface area contributed by atoms with E-state index in [-0.39, 0.29) is 18.2 Å². The number of hydrogen-bond donors (Lipinski definition) is 2. The smallest absolute Gasteiger partial charge is 0.226 e. The maximum Gasteiger partial charge on any atom is 0.226 e. The number of nitrogens with two attached hydrogens (primary N) is 1. The highest BCUT2D eigenvalue weighted by atomic mass is 35.5. The maximum absolute atomic E-state index is 7.44. The summed E-state index contributed by atoms with van der Waals surface area (Å²) in [7, 11) is 1.66. The standard InChI is InChI=1S/C14H15N5O.ClH/c1-20-11-3-2-9-7-19(8-10(9)6-11)14-17-5-4-12(18-14)13(15)16;/h2-6H,7-8H2,1H3,(H3,15,16);1H. The predicted molar refractivity (Wildman–Crippen MR) is 83.2 cm³/mol. The number of amidine groups is 1. The minimum atomic E-state index is -0.0490. The average molecular weight is 306 g/mol. The molecule has 2 aromatic rings. The van der Waals surface area contributed by atoms with Crippen molar-refractivity contribution < 1.29 is 4.74 Å². The Kier molecular flexibility index (Phi) is 4.28. The molecule has 0 spiro atoms. The van der Waals surface area contributed by atoms with E-state index in [1.54, 1.807) is 19.4 Å². The topological polar surface area (TPSA) is 88.1 Å². The molecule has 1 aromatic carbocycles. The number of rotatable bonds is 3. The summed E-state index contributed by atoms with van der Waals surface area (Å²) in [4.78, 5) is 10.6. The van der Waals surface area contributed by atoms with Gasteiger partial charge in [0, 0.05) is 19.3 Å². The third-order valence-corrected chi connectivity index (χ3v) is 3.34. The number of fused-ring (bicyclic) bond motifs is 1. The first-order chi connectivity index (χ1) is 9.67. The molecule has 0 radical (unpaired) electrons. The molecule has 3 N–H and O–H groups in total. The van der Waals surface area contributed by atoms with E-state index in [1.807, 2.05) is 12.1 Å². The highest BCUT2D eigenvalue weighted by Gasteiger charge is 2.21. The molecule has 6 nitrogen and oxygen atoms in total. The molecule has 1 aliphatic heterocycles. The minimum absolute atomic E-state index is 0. The Morgan fingerprint density at radius 2 is 2.05 bits per heavy atom. The number of nitrogen functional groups attached to an aromatic ring is 1. The monoisotopic (exact) mass is 305 g/mol. The molecule has 3 rings (SSSR count). The van der Waals surface area contributed by atoms with Crippen molar-refractivity contribution in [2.75, 3.05) is 12.0 Å². The summed E-state index contributed by atoms with van der Waals surface area (Å²) in [5, 5.41) is 7.44. The quantitative estimate of drug-likeness (QED) is 0.666. The van der Waals surface area contributed by atoms with Gasteiger partial charge >= 0.3 is 0 Å². The lowest BCUT2D eigenvalue weighted by Gasteiger charge is -2.15. The molecular weight excluding hydrogens is 290 g/mol. The third-order valence-electron chi connectivity index (χ3n) is 3.34. The fourth-order valence-corrected chi connectivity index (χ4v) is 2.29. The Morgan fingerprint density at radius 3 is 2.76 bits per heavy atom. The van der Waals surface area contributed by atoms with E-state index in [9.17, 15) is 0 Å². The van der Waals surface area contributed by atoms with Crippen molar-refractivity contribution in [3.8, 4) is 5.75 Å². The maximum atomic E-state index is 7.44. The Balaban J connectivity index is 0.00000161. The number of aromatic nitrogens is 2. The summed E-state index contributed by atoms with van der Waals surface area (Å²) in [6.45, 7) is 1.48. The molecule has 0 bridgehead atoms. The van der Waals surface area contributed by atoms with Crippen molar-refractivity contribution in [2.24, 2.45) is 5.73 Å². The van der Waals surface area contributed by atoms with Gasteiger partial charge in [0.05, 0.1) is 7.11 Å². The molecule has 0 saturated carbocycles. The first-order valence-electron chi connectivity index (χ1n) is 6.25. The molecule has 0 saturated heterocycles. The second-order valence-electron chi connectivity index (χ2n) is 4.65. The van der Waals surface area contributed by atoms with Crippen LogP contribution in [0.3, 0.4) is 0 Å². The molecule has 110 valence electrons. The first-order valence-corrected chi connectivity index (χ1v) is 6.25. The number of nitrogens with one attached hydrogen (secondary N) is 1. The summed E-state index contributed by atoms with van der Waals surface area (Å²) in [5.41, 5.74) is 8.36. The van der Waals surface area contributed by atoms with Gasteiger partial charge in [0.2, 0.25) is 5.95 Å². The Bertz CT molecular complexity index is 676. The SMILES string of the molecule is COc1ccc2c(c1)CN(c1nccc(C(=N)N)n1)C2.Cl. The molecule has 2 heterocycles. The third kappa shape index (κ3) is 2.90. The van der Waals surface area contributed by atoms with Crippen molar-refractivity contribution in [1.82, 2.24) is 9.97 Å². The molecule has 21 heavy (non-hydrogen) atoms. The van der Waals surface area contributed by atoms with E-state index in [1.165, 1.54) is 11.1 Å². The van der Waals surface area contributed by atoms with Crippen molar-refractivity contribution in [2.45, 2.75) is 13.1 Å². The summed E-state index contributed by atoms with van der Waals surface area (Å²) in [5.74, 6) is 1.39. The van der Waals surface area contributed by atoms with Crippen LogP contribution in [0.15, 0.2) is 30.5 Å². The fourth-order valence-electron chi connectivity index (χ4n) is 2.29. The van der Waals surface area contributed by atoms with E-state index in [0.29, 0.717) is 11.6 Å². The largest absolute Gasteiger partial charge is 0.497 e. The van der Waals surface area contributed by atoms with Gasteiger partial charge < -0.3 is 15.4 Å². The van der Waals surface area contributed by atoms with Crippen molar-refractivity contribution in [3.05, 3.63) is 47.3 Å². The summed E-state index contributed by atoms with van der Waals surface area (Å²) >= 11 is 0. The lowest BCUT2D eigenvalue weighted by Crippen LogP contribution is -2.20. The van der Waals surface area contributed by atoms with Crippen LogP contribution in [-0.4, -0.2) is 22.9 Å². The molecule has 7 heteroatoms. The summed E-state index contributed by atoms with van der Waals surface area (Å²) < 4.78 is 5.24. The molecule has 0 unspecified atom stereocenters. The molecule has 0 fully saturated rings. The van der Waals surface area contributed by atoms with Gasteiger partial charge in [-0.15, -0.1) is 12.4 Å². The van der Waals surface area contributed by atoms with Crippen LogP contribution in [0.25, 0.3) is 0 Å². The van der Waals surface area contributed by atoms with Crippen LogP contribution in [-0.2, 0) is 13.1 Å². The number of benzene rings is 1. The number of hydrogen-bond acceptors (Lipinski definition) is 5. The molecule has 0 aliphatic carbocycles. The van der Waals surface area contributed by atoms with E-state index in [2.05, 4.69) is 20.9 Å².